The van der Waals surface area contributed by atoms with E-state index in [4.69, 9.17) is 0 Å². The molecule has 0 saturated carbocycles. The predicted octanol–water partition coefficient (Wildman–Crippen LogP) is -1.22. The van der Waals surface area contributed by atoms with E-state index in [1.165, 1.54) is 12.2 Å². The summed E-state index contributed by atoms with van der Waals surface area (Å²) in [5, 5.41) is 0.725. The van der Waals surface area contributed by atoms with Crippen molar-refractivity contribution < 1.29 is 42.8 Å². The summed E-state index contributed by atoms with van der Waals surface area (Å²) in [5.74, 6) is 0.833. The van der Waals surface area contributed by atoms with E-state index in [1.54, 1.807) is 0 Å². The molecule has 1 aliphatic heterocycles. The van der Waals surface area contributed by atoms with E-state index in [-0.39, 0.29) is 29.6 Å². The molecule has 8 heteroatoms. The van der Waals surface area contributed by atoms with Crippen LogP contribution in [0.2, 0.25) is 0 Å². The molecule has 0 aromatic rings. The van der Waals surface area contributed by atoms with Crippen LogP contribution in [-0.4, -0.2) is 31.6 Å². The minimum Gasteiger partial charge on any atom is -0.274 e. The molecule has 4 nitrogen and oxygen atoms in total. The first-order valence-corrected chi connectivity index (χ1v) is 9.53. The van der Waals surface area contributed by atoms with Gasteiger partial charge in [0.05, 0.1) is 6.26 Å². The number of carbonyl (C=O) groups is 1. The summed E-state index contributed by atoms with van der Waals surface area (Å²) in [4.78, 5) is 11.2. The number of rotatable bonds is 6. The van der Waals surface area contributed by atoms with Crippen LogP contribution in [0.1, 0.15) is 32.1 Å². The second-order valence-corrected chi connectivity index (χ2v) is 8.41. The third-order valence-electron chi connectivity index (χ3n) is 2.21. The molecular formula is C9H17NNaO3S3+. The monoisotopic (exact) mass is 306 g/mol. The first kappa shape index (κ1) is 18.1. The van der Waals surface area contributed by atoms with Gasteiger partial charge in [-0.15, -0.1) is 0 Å². The van der Waals surface area contributed by atoms with Gasteiger partial charge < -0.3 is 0 Å². The summed E-state index contributed by atoms with van der Waals surface area (Å²) in [6.07, 6.45) is 5.45. The Morgan fingerprint density at radius 3 is 2.65 bits per heavy atom. The summed E-state index contributed by atoms with van der Waals surface area (Å²) in [6, 6.07) is 0. The van der Waals surface area contributed by atoms with Crippen LogP contribution < -0.4 is 34.3 Å². The largest absolute Gasteiger partial charge is 1.00 e. The van der Waals surface area contributed by atoms with Crippen molar-refractivity contribution in [2.75, 3.05) is 12.0 Å². The topological polar surface area (TPSA) is 63.2 Å². The fraction of sp³-hybridized carbons (Fsp3) is 0.889. The SMILES string of the molecule is CS(=O)(=O)NC(=O)CCCCC1CCSS1.[Na+]. The van der Waals surface area contributed by atoms with Gasteiger partial charge >= 0.3 is 29.6 Å². The average molecular weight is 306 g/mol. The third-order valence-corrected chi connectivity index (χ3v) is 5.81. The Labute approximate surface area is 133 Å². The summed E-state index contributed by atoms with van der Waals surface area (Å²) in [6.45, 7) is 0. The minimum atomic E-state index is -3.38. The van der Waals surface area contributed by atoms with Gasteiger partial charge in [0, 0.05) is 17.4 Å². The number of amides is 1. The summed E-state index contributed by atoms with van der Waals surface area (Å²) in [7, 11) is 0.461. The Morgan fingerprint density at radius 1 is 1.41 bits per heavy atom. The molecule has 1 atom stereocenters. The Balaban J connectivity index is 0.00000256. The van der Waals surface area contributed by atoms with Crippen LogP contribution in [0, 0.1) is 0 Å². The van der Waals surface area contributed by atoms with Crippen LogP contribution in [-0.2, 0) is 14.8 Å². The number of nitrogens with one attached hydrogen (secondary N) is 1. The molecule has 1 unspecified atom stereocenters. The van der Waals surface area contributed by atoms with E-state index < -0.39 is 15.9 Å². The van der Waals surface area contributed by atoms with Crippen molar-refractivity contribution in [3.63, 3.8) is 0 Å². The van der Waals surface area contributed by atoms with E-state index in [0.717, 1.165) is 30.8 Å². The Bertz CT molecular complexity index is 328. The van der Waals surface area contributed by atoms with Gasteiger partial charge in [0.25, 0.3) is 0 Å². The standard InChI is InChI=1S/C9H17NO3S3.Na/c1-16(12,13)10-9(11)5-3-2-4-8-6-7-14-15-8;/h8H,2-7H2,1H3,(H,10,11);/q;+1. The maximum Gasteiger partial charge on any atom is 1.00 e. The zero-order chi connectivity index (χ0) is 12.0. The summed E-state index contributed by atoms with van der Waals surface area (Å²) in [5.41, 5.74) is 0. The molecule has 0 radical (unpaired) electrons. The zero-order valence-electron chi connectivity index (χ0n) is 10.3. The van der Waals surface area contributed by atoms with Gasteiger partial charge in [-0.1, -0.05) is 28.0 Å². The van der Waals surface area contributed by atoms with Crippen molar-refractivity contribution in [3.8, 4) is 0 Å². The van der Waals surface area contributed by atoms with Crippen LogP contribution in [0.4, 0.5) is 0 Å². The average Bonchev–Trinajstić information content (AvgIpc) is 2.62. The van der Waals surface area contributed by atoms with Gasteiger partial charge in [0.1, 0.15) is 0 Å². The molecule has 1 aliphatic rings. The predicted molar refractivity (Wildman–Crippen MR) is 69.9 cm³/mol. The number of carbonyl (C=O) groups excluding carboxylic acids is 1. The van der Waals surface area contributed by atoms with Crippen LogP contribution in [0.15, 0.2) is 0 Å². The summed E-state index contributed by atoms with van der Waals surface area (Å²) >= 11 is 0. The molecule has 0 aliphatic carbocycles. The molecule has 94 valence electrons. The van der Waals surface area contributed by atoms with Crippen LogP contribution >= 0.6 is 21.6 Å². The molecular weight excluding hydrogens is 289 g/mol. The van der Waals surface area contributed by atoms with Gasteiger partial charge in [-0.3, -0.25) is 9.52 Å². The van der Waals surface area contributed by atoms with E-state index in [1.807, 2.05) is 26.3 Å². The van der Waals surface area contributed by atoms with Crippen LogP contribution in [0.3, 0.4) is 0 Å². The Hall–Kier alpha value is 1.12. The number of hydrogen-bond donors (Lipinski definition) is 1. The normalized spacial score (nSPS) is 19.7. The van der Waals surface area contributed by atoms with E-state index in [0.29, 0.717) is 6.42 Å². The van der Waals surface area contributed by atoms with E-state index in [2.05, 4.69) is 0 Å². The first-order chi connectivity index (χ1) is 7.47. The number of sulfonamides is 1. The molecule has 0 bridgehead atoms. The molecule has 1 amide bonds. The van der Waals surface area contributed by atoms with Gasteiger partial charge in [0.15, 0.2) is 0 Å². The number of unbranched alkanes of at least 4 members (excludes halogenated alkanes) is 1. The van der Waals surface area contributed by atoms with Crippen molar-refractivity contribution in [2.24, 2.45) is 0 Å². The quantitative estimate of drug-likeness (QED) is 0.379. The minimum absolute atomic E-state index is 0. The molecule has 1 fully saturated rings. The van der Waals surface area contributed by atoms with Gasteiger partial charge in [-0.2, -0.15) is 0 Å². The van der Waals surface area contributed by atoms with Crippen LogP contribution in [0.5, 0.6) is 0 Å². The van der Waals surface area contributed by atoms with Gasteiger partial charge in [-0.25, -0.2) is 8.42 Å². The second-order valence-electron chi connectivity index (χ2n) is 3.87. The molecule has 1 N–H and O–H groups in total. The van der Waals surface area contributed by atoms with Gasteiger partial charge in [-0.05, 0) is 19.3 Å². The zero-order valence-corrected chi connectivity index (χ0v) is 14.7. The molecule has 17 heavy (non-hydrogen) atoms. The maximum absolute atomic E-state index is 11.2. The second kappa shape index (κ2) is 9.09. The Morgan fingerprint density at radius 2 is 2.12 bits per heavy atom. The van der Waals surface area contributed by atoms with Crippen LogP contribution in [0.25, 0.3) is 0 Å². The molecule has 1 heterocycles. The van der Waals surface area contributed by atoms with Crippen molar-refractivity contribution in [1.29, 1.82) is 0 Å². The third kappa shape index (κ3) is 9.67. The van der Waals surface area contributed by atoms with E-state index >= 15 is 0 Å². The van der Waals surface area contributed by atoms with Crippen molar-refractivity contribution in [1.82, 2.24) is 4.72 Å². The maximum atomic E-state index is 11.2. The fourth-order valence-corrected chi connectivity index (χ4v) is 5.02. The molecule has 0 aromatic carbocycles. The smallest absolute Gasteiger partial charge is 0.274 e. The van der Waals surface area contributed by atoms with Crippen molar-refractivity contribution >= 4 is 37.5 Å². The molecule has 1 saturated heterocycles. The fourth-order valence-electron chi connectivity index (χ4n) is 1.48. The Kier molecular flexibility index (Phi) is 9.69. The van der Waals surface area contributed by atoms with Crippen molar-refractivity contribution in [3.05, 3.63) is 0 Å². The number of hydrogen-bond acceptors (Lipinski definition) is 5. The van der Waals surface area contributed by atoms with E-state index in [9.17, 15) is 13.2 Å². The van der Waals surface area contributed by atoms with Crippen molar-refractivity contribution in [2.45, 2.75) is 37.4 Å². The summed E-state index contributed by atoms with van der Waals surface area (Å²) < 4.78 is 23.5. The first-order valence-electron chi connectivity index (χ1n) is 5.26. The molecule has 0 spiro atoms. The molecule has 1 rings (SSSR count). The van der Waals surface area contributed by atoms with Gasteiger partial charge in [0.2, 0.25) is 15.9 Å². The molecule has 0 aromatic heterocycles.